The van der Waals surface area contributed by atoms with E-state index in [0.29, 0.717) is 29.2 Å². The molecule has 1 unspecified atom stereocenters. The van der Waals surface area contributed by atoms with Crippen molar-refractivity contribution in [3.63, 3.8) is 0 Å². The first-order valence-electron chi connectivity index (χ1n) is 8.39. The lowest BCUT2D eigenvalue weighted by Gasteiger charge is -2.35. The molecule has 1 amide bonds. The third-order valence-corrected chi connectivity index (χ3v) is 6.36. The van der Waals surface area contributed by atoms with E-state index < -0.39 is 9.84 Å². The van der Waals surface area contributed by atoms with Gasteiger partial charge in [-0.25, -0.2) is 17.9 Å². The van der Waals surface area contributed by atoms with Crippen molar-refractivity contribution in [3.8, 4) is 0 Å². The third kappa shape index (κ3) is 3.25. The van der Waals surface area contributed by atoms with Crippen molar-refractivity contribution in [1.82, 2.24) is 19.5 Å². The van der Waals surface area contributed by atoms with Gasteiger partial charge < -0.3 is 4.90 Å². The number of rotatable bonds is 2. The second-order valence-electron chi connectivity index (χ2n) is 6.66. The maximum atomic E-state index is 13.0. The van der Waals surface area contributed by atoms with Crippen molar-refractivity contribution < 1.29 is 13.2 Å². The molecule has 1 atom stereocenters. The van der Waals surface area contributed by atoms with Crippen molar-refractivity contribution in [2.24, 2.45) is 0 Å². The molecule has 0 radical (unpaired) electrons. The summed E-state index contributed by atoms with van der Waals surface area (Å²) < 4.78 is 25.9. The third-order valence-electron chi connectivity index (χ3n) is 4.84. The van der Waals surface area contributed by atoms with Gasteiger partial charge in [-0.3, -0.25) is 4.79 Å². The molecule has 0 fully saturated rings. The maximum Gasteiger partial charge on any atom is 0.274 e. The predicted molar refractivity (Wildman–Crippen MR) is 103 cm³/mol. The molecule has 3 aromatic rings. The molecule has 1 aromatic carbocycles. The fourth-order valence-electron chi connectivity index (χ4n) is 3.42. The lowest BCUT2D eigenvalue weighted by molar-refractivity contribution is 0.0671. The number of aromatic nitrogens is 3. The smallest absolute Gasteiger partial charge is 0.274 e. The van der Waals surface area contributed by atoms with E-state index >= 15 is 0 Å². The summed E-state index contributed by atoms with van der Waals surface area (Å²) in [6, 6.07) is 6.63. The van der Waals surface area contributed by atoms with Gasteiger partial charge in [-0.1, -0.05) is 6.07 Å². The molecule has 3 heterocycles. The Morgan fingerprint density at radius 2 is 2.07 bits per heavy atom. The van der Waals surface area contributed by atoms with E-state index in [1.807, 2.05) is 6.92 Å². The average Bonchev–Trinajstić information content (AvgIpc) is 3.03. The number of hydrogen-bond donors (Lipinski definition) is 0. The van der Waals surface area contributed by atoms with Gasteiger partial charge in [0, 0.05) is 31.3 Å². The highest BCUT2D eigenvalue weighted by Crippen LogP contribution is 2.32. The Kier molecular flexibility index (Phi) is 4.31. The Balaban J connectivity index is 1.66. The van der Waals surface area contributed by atoms with Crippen molar-refractivity contribution in [2.75, 3.05) is 12.8 Å². The van der Waals surface area contributed by atoms with Gasteiger partial charge in [0.15, 0.2) is 21.2 Å². The van der Waals surface area contributed by atoms with E-state index in [-0.39, 0.29) is 11.9 Å². The minimum atomic E-state index is -3.25. The van der Waals surface area contributed by atoms with E-state index in [0.717, 1.165) is 15.6 Å². The number of nitrogens with zero attached hydrogens (tertiary/aromatic N) is 4. The number of carbonyl (C=O) groups is 1. The van der Waals surface area contributed by atoms with Gasteiger partial charge in [-0.05, 0) is 52.5 Å². The molecule has 0 saturated carbocycles. The first-order chi connectivity index (χ1) is 12.7. The first-order valence-corrected chi connectivity index (χ1v) is 11.1. The minimum absolute atomic E-state index is 0.165. The summed E-state index contributed by atoms with van der Waals surface area (Å²) in [5, 5.41) is 4.34. The molecular formula is C18H17BrN4O3S. The van der Waals surface area contributed by atoms with Crippen LogP contribution >= 0.6 is 15.9 Å². The van der Waals surface area contributed by atoms with Crippen molar-refractivity contribution >= 4 is 37.3 Å². The second kappa shape index (κ2) is 6.42. The number of carbonyl (C=O) groups excluding carboxylic acids is 1. The topological polar surface area (TPSA) is 84.6 Å². The number of hydrogen-bond acceptors (Lipinski definition) is 5. The fourth-order valence-corrected chi connectivity index (χ4v) is 4.39. The van der Waals surface area contributed by atoms with Crippen LogP contribution in [0.25, 0.3) is 5.65 Å². The zero-order valence-corrected chi connectivity index (χ0v) is 17.2. The highest BCUT2D eigenvalue weighted by Gasteiger charge is 2.30. The van der Waals surface area contributed by atoms with E-state index in [1.54, 1.807) is 46.1 Å². The van der Waals surface area contributed by atoms with Crippen LogP contribution in [-0.2, 0) is 16.3 Å². The minimum Gasteiger partial charge on any atom is -0.330 e. The molecule has 7 nitrogen and oxygen atoms in total. The number of halogens is 1. The summed E-state index contributed by atoms with van der Waals surface area (Å²) in [6.45, 7) is 2.45. The summed E-state index contributed by atoms with van der Waals surface area (Å²) >= 11 is 3.34. The van der Waals surface area contributed by atoms with Crippen LogP contribution in [0.1, 0.15) is 34.6 Å². The number of amides is 1. The standard InChI is InChI=1S/C18H17BrN4O3S/c1-11-15-4-3-14(27(2,25)26)7-12(15)5-6-22(11)18(24)16-8-17-20-9-13(19)10-23(17)21-16/h3-4,7-11H,5-6H2,1-2H3. The van der Waals surface area contributed by atoms with E-state index in [9.17, 15) is 13.2 Å². The molecular weight excluding hydrogens is 432 g/mol. The highest BCUT2D eigenvalue weighted by atomic mass is 79.9. The van der Waals surface area contributed by atoms with Gasteiger partial charge in [0.25, 0.3) is 5.91 Å². The maximum absolute atomic E-state index is 13.0. The van der Waals surface area contributed by atoms with Crippen molar-refractivity contribution in [3.05, 3.63) is 58.0 Å². The number of sulfone groups is 1. The molecule has 0 saturated heterocycles. The zero-order chi connectivity index (χ0) is 19.3. The van der Waals surface area contributed by atoms with Crippen LogP contribution in [0.4, 0.5) is 0 Å². The van der Waals surface area contributed by atoms with Crippen LogP contribution < -0.4 is 0 Å². The van der Waals surface area contributed by atoms with Gasteiger partial charge in [0.2, 0.25) is 0 Å². The Morgan fingerprint density at radius 1 is 1.30 bits per heavy atom. The Morgan fingerprint density at radius 3 is 2.81 bits per heavy atom. The lowest BCUT2D eigenvalue weighted by Crippen LogP contribution is -2.39. The van der Waals surface area contributed by atoms with Crippen molar-refractivity contribution in [1.29, 1.82) is 0 Å². The van der Waals surface area contributed by atoms with Gasteiger partial charge in [-0.2, -0.15) is 5.10 Å². The molecule has 9 heteroatoms. The summed E-state index contributed by atoms with van der Waals surface area (Å²) in [5.41, 5.74) is 2.87. The summed E-state index contributed by atoms with van der Waals surface area (Å²) in [6.07, 6.45) is 5.21. The van der Waals surface area contributed by atoms with Gasteiger partial charge in [0.1, 0.15) is 0 Å². The van der Waals surface area contributed by atoms with Crippen LogP contribution in [0.5, 0.6) is 0 Å². The highest BCUT2D eigenvalue weighted by molar-refractivity contribution is 9.10. The average molecular weight is 449 g/mol. The van der Waals surface area contributed by atoms with Gasteiger partial charge in [-0.15, -0.1) is 0 Å². The van der Waals surface area contributed by atoms with Crippen LogP contribution in [-0.4, -0.2) is 46.6 Å². The molecule has 0 bridgehead atoms. The predicted octanol–water partition coefficient (Wildman–Crippen LogP) is 2.65. The summed E-state index contributed by atoms with van der Waals surface area (Å²) in [5.74, 6) is -0.165. The van der Waals surface area contributed by atoms with Crippen LogP contribution in [0.2, 0.25) is 0 Å². The Bertz CT molecular complexity index is 1170. The largest absolute Gasteiger partial charge is 0.330 e. The monoisotopic (exact) mass is 448 g/mol. The molecule has 0 aliphatic carbocycles. The normalized spacial score (nSPS) is 17.1. The van der Waals surface area contributed by atoms with E-state index in [1.165, 1.54) is 6.26 Å². The van der Waals surface area contributed by atoms with Gasteiger partial charge in [0.05, 0.1) is 15.4 Å². The molecule has 0 N–H and O–H groups in total. The Labute approximate surface area is 165 Å². The van der Waals surface area contributed by atoms with Crippen molar-refractivity contribution in [2.45, 2.75) is 24.3 Å². The molecule has 1 aliphatic rings. The van der Waals surface area contributed by atoms with E-state index in [4.69, 9.17) is 0 Å². The number of benzene rings is 1. The number of fused-ring (bicyclic) bond motifs is 2. The van der Waals surface area contributed by atoms with Crippen LogP contribution in [0.15, 0.2) is 46.0 Å². The zero-order valence-electron chi connectivity index (χ0n) is 14.8. The first kappa shape index (κ1) is 18.1. The Hall–Kier alpha value is -2.26. The molecule has 4 rings (SSSR count). The molecule has 140 valence electrons. The fraction of sp³-hybridized carbons (Fsp3) is 0.278. The SMILES string of the molecule is CC1c2ccc(S(C)(=O)=O)cc2CCN1C(=O)c1cc2ncc(Br)cn2n1. The molecule has 1 aliphatic heterocycles. The van der Waals surface area contributed by atoms with Crippen LogP contribution in [0, 0.1) is 0 Å². The molecule has 0 spiro atoms. The molecule has 27 heavy (non-hydrogen) atoms. The molecule has 2 aromatic heterocycles. The van der Waals surface area contributed by atoms with Gasteiger partial charge >= 0.3 is 0 Å². The van der Waals surface area contributed by atoms with E-state index in [2.05, 4.69) is 26.0 Å². The summed E-state index contributed by atoms with van der Waals surface area (Å²) in [7, 11) is -3.25. The lowest BCUT2D eigenvalue weighted by atomic mass is 9.93. The second-order valence-corrected chi connectivity index (χ2v) is 9.59. The quantitative estimate of drug-likeness (QED) is 0.601. The summed E-state index contributed by atoms with van der Waals surface area (Å²) in [4.78, 5) is 19.3. The van der Waals surface area contributed by atoms with Crippen LogP contribution in [0.3, 0.4) is 0 Å².